The van der Waals surface area contributed by atoms with Crippen molar-refractivity contribution >= 4 is 16.9 Å². The number of hydrogen-bond donors (Lipinski definition) is 2. The van der Waals surface area contributed by atoms with Gasteiger partial charge in [-0.3, -0.25) is 4.79 Å². The molecule has 2 N–H and O–H groups in total. The number of rotatable bonds is 2. The number of aliphatic carboxylic acids is 1. The lowest BCUT2D eigenvalue weighted by molar-refractivity contribution is -0.161. The quantitative estimate of drug-likeness (QED) is 0.831. The third-order valence-electron chi connectivity index (χ3n) is 3.40. The van der Waals surface area contributed by atoms with Crippen molar-refractivity contribution in [1.29, 1.82) is 0 Å². The van der Waals surface area contributed by atoms with E-state index in [4.69, 9.17) is 9.52 Å². The molecule has 0 amide bonds. The van der Waals surface area contributed by atoms with Crippen LogP contribution in [0.5, 0.6) is 0 Å². The molecule has 17 heavy (non-hydrogen) atoms. The largest absolute Gasteiger partial charge is 0.481 e. The van der Waals surface area contributed by atoms with Crippen LogP contribution < -0.4 is 0 Å². The molecule has 0 radical (unpaired) electrons. The fourth-order valence-corrected chi connectivity index (χ4v) is 2.34. The van der Waals surface area contributed by atoms with Crippen molar-refractivity contribution in [3.8, 4) is 0 Å². The van der Waals surface area contributed by atoms with E-state index in [1.54, 1.807) is 6.07 Å². The predicted octanol–water partition coefficient (Wildman–Crippen LogP) is 2.12. The summed E-state index contributed by atoms with van der Waals surface area (Å²) in [5, 5.41) is 20.0. The number of fused-ring (bicyclic) bond motifs is 1. The number of furan rings is 1. The molecule has 4 nitrogen and oxygen atoms in total. The molecule has 1 aromatic heterocycles. The first-order chi connectivity index (χ1) is 8.08. The Morgan fingerprint density at radius 1 is 1.35 bits per heavy atom. The lowest BCUT2D eigenvalue weighted by Crippen LogP contribution is -2.44. The van der Waals surface area contributed by atoms with Gasteiger partial charge in [0.05, 0.1) is 5.92 Å². The number of carboxylic acids is 1. The summed E-state index contributed by atoms with van der Waals surface area (Å²) in [7, 11) is 0. The average Bonchev–Trinajstić information content (AvgIpc) is 2.68. The molecular weight excluding hydrogens is 220 g/mol. The molecule has 1 aliphatic carbocycles. The van der Waals surface area contributed by atoms with Crippen molar-refractivity contribution in [3.05, 3.63) is 36.1 Å². The van der Waals surface area contributed by atoms with Crippen LogP contribution in [-0.4, -0.2) is 16.2 Å². The van der Waals surface area contributed by atoms with Crippen molar-refractivity contribution in [3.63, 3.8) is 0 Å². The minimum atomic E-state index is -1.11. The Morgan fingerprint density at radius 3 is 2.71 bits per heavy atom. The van der Waals surface area contributed by atoms with Gasteiger partial charge in [0, 0.05) is 5.39 Å². The van der Waals surface area contributed by atoms with E-state index < -0.39 is 17.5 Å². The maximum Gasteiger partial charge on any atom is 0.306 e. The van der Waals surface area contributed by atoms with Crippen LogP contribution in [0.1, 0.15) is 18.6 Å². The molecule has 2 aromatic rings. The van der Waals surface area contributed by atoms with Crippen LogP contribution in [0.2, 0.25) is 0 Å². The lowest BCUT2D eigenvalue weighted by Gasteiger charge is -2.39. The molecule has 1 saturated carbocycles. The van der Waals surface area contributed by atoms with Gasteiger partial charge in [0.1, 0.15) is 16.9 Å². The zero-order valence-electron chi connectivity index (χ0n) is 9.09. The van der Waals surface area contributed by atoms with Gasteiger partial charge in [-0.25, -0.2) is 0 Å². The van der Waals surface area contributed by atoms with E-state index >= 15 is 0 Å². The Bertz CT molecular complexity index is 545. The number of para-hydroxylation sites is 1. The number of hydrogen-bond acceptors (Lipinski definition) is 3. The average molecular weight is 232 g/mol. The Hall–Kier alpha value is -1.81. The highest BCUT2D eigenvalue weighted by molar-refractivity contribution is 5.78. The van der Waals surface area contributed by atoms with E-state index in [0.717, 1.165) is 11.0 Å². The van der Waals surface area contributed by atoms with Crippen LogP contribution in [0, 0.1) is 5.92 Å². The summed E-state index contributed by atoms with van der Waals surface area (Å²) in [4.78, 5) is 10.7. The molecule has 1 heterocycles. The molecule has 0 saturated heterocycles. The van der Waals surface area contributed by atoms with E-state index in [1.807, 2.05) is 24.3 Å². The van der Waals surface area contributed by atoms with Crippen LogP contribution in [0.3, 0.4) is 0 Å². The summed E-state index contributed by atoms with van der Waals surface area (Å²) >= 11 is 0. The van der Waals surface area contributed by atoms with E-state index in [0.29, 0.717) is 5.76 Å². The first-order valence-corrected chi connectivity index (χ1v) is 5.53. The SMILES string of the molecule is O=C(O)C1CC(O)(c2cc3ccccc3o2)C1. The van der Waals surface area contributed by atoms with Crippen molar-refractivity contribution in [1.82, 2.24) is 0 Å². The van der Waals surface area contributed by atoms with Crippen LogP contribution in [0.4, 0.5) is 0 Å². The minimum Gasteiger partial charge on any atom is -0.481 e. The van der Waals surface area contributed by atoms with Gasteiger partial charge in [0.15, 0.2) is 0 Å². The van der Waals surface area contributed by atoms with Gasteiger partial charge >= 0.3 is 5.97 Å². The third-order valence-corrected chi connectivity index (χ3v) is 3.40. The number of aliphatic hydroxyl groups is 1. The van der Waals surface area contributed by atoms with Crippen molar-refractivity contribution in [2.24, 2.45) is 5.92 Å². The van der Waals surface area contributed by atoms with Crippen LogP contribution in [-0.2, 0) is 10.4 Å². The predicted molar refractivity (Wildman–Crippen MR) is 60.5 cm³/mol. The fourth-order valence-electron chi connectivity index (χ4n) is 2.34. The molecule has 88 valence electrons. The molecule has 3 rings (SSSR count). The third kappa shape index (κ3) is 1.52. The van der Waals surface area contributed by atoms with E-state index in [1.165, 1.54) is 0 Å². The summed E-state index contributed by atoms with van der Waals surface area (Å²) < 4.78 is 5.56. The second kappa shape index (κ2) is 3.34. The highest BCUT2D eigenvalue weighted by Gasteiger charge is 2.49. The zero-order valence-corrected chi connectivity index (χ0v) is 9.09. The normalized spacial score (nSPS) is 27.9. The molecule has 1 aromatic carbocycles. The van der Waals surface area contributed by atoms with Crippen molar-refractivity contribution < 1.29 is 19.4 Å². The van der Waals surface area contributed by atoms with Crippen LogP contribution in [0.25, 0.3) is 11.0 Å². The van der Waals surface area contributed by atoms with Gasteiger partial charge in [-0.05, 0) is 25.0 Å². The summed E-state index contributed by atoms with van der Waals surface area (Å²) in [6, 6.07) is 9.27. The summed E-state index contributed by atoms with van der Waals surface area (Å²) in [6.45, 7) is 0. The molecule has 4 heteroatoms. The van der Waals surface area contributed by atoms with Gasteiger partial charge in [-0.2, -0.15) is 0 Å². The van der Waals surface area contributed by atoms with Crippen LogP contribution >= 0.6 is 0 Å². The van der Waals surface area contributed by atoms with E-state index in [-0.39, 0.29) is 12.8 Å². The Morgan fingerprint density at radius 2 is 2.06 bits per heavy atom. The van der Waals surface area contributed by atoms with Crippen molar-refractivity contribution in [2.45, 2.75) is 18.4 Å². The van der Waals surface area contributed by atoms with Gasteiger partial charge < -0.3 is 14.6 Å². The smallest absolute Gasteiger partial charge is 0.306 e. The fraction of sp³-hybridized carbons (Fsp3) is 0.308. The summed E-state index contributed by atoms with van der Waals surface area (Å²) in [5.41, 5.74) is -0.392. The highest BCUT2D eigenvalue weighted by atomic mass is 16.4. The number of benzene rings is 1. The van der Waals surface area contributed by atoms with E-state index in [2.05, 4.69) is 0 Å². The second-order valence-electron chi connectivity index (χ2n) is 4.62. The molecule has 0 aliphatic heterocycles. The Kier molecular flexibility index (Phi) is 2.03. The summed E-state index contributed by atoms with van der Waals surface area (Å²) in [6.07, 6.45) is 0.449. The summed E-state index contributed by atoms with van der Waals surface area (Å²) in [5.74, 6) is -0.852. The van der Waals surface area contributed by atoms with Crippen LogP contribution in [0.15, 0.2) is 34.7 Å². The first kappa shape index (κ1) is 10.4. The molecular formula is C13H12O4. The monoisotopic (exact) mass is 232 g/mol. The van der Waals surface area contributed by atoms with Gasteiger partial charge in [-0.1, -0.05) is 18.2 Å². The number of carbonyl (C=O) groups is 1. The maximum atomic E-state index is 10.7. The van der Waals surface area contributed by atoms with Gasteiger partial charge in [0.2, 0.25) is 0 Å². The Balaban J connectivity index is 1.92. The minimum absolute atomic E-state index is 0.224. The van der Waals surface area contributed by atoms with Crippen molar-refractivity contribution in [2.75, 3.05) is 0 Å². The van der Waals surface area contributed by atoms with E-state index in [9.17, 15) is 9.90 Å². The first-order valence-electron chi connectivity index (χ1n) is 5.53. The topological polar surface area (TPSA) is 70.7 Å². The molecule has 0 bridgehead atoms. The maximum absolute atomic E-state index is 10.7. The van der Waals surface area contributed by atoms with Gasteiger partial charge in [-0.15, -0.1) is 0 Å². The molecule has 0 atom stereocenters. The number of carboxylic acid groups (broad SMARTS) is 1. The molecule has 0 spiro atoms. The Labute approximate surface area is 97.5 Å². The second-order valence-corrected chi connectivity index (χ2v) is 4.62. The zero-order chi connectivity index (χ0) is 12.0. The lowest BCUT2D eigenvalue weighted by atomic mass is 9.69. The van der Waals surface area contributed by atoms with Gasteiger partial charge in [0.25, 0.3) is 0 Å². The molecule has 1 aliphatic rings. The standard InChI is InChI=1S/C13H12O4/c14-12(15)9-6-13(16,7-9)11-5-8-3-1-2-4-10(8)17-11/h1-5,9,16H,6-7H2,(H,14,15). The molecule has 0 unspecified atom stereocenters. The molecule has 1 fully saturated rings. The highest BCUT2D eigenvalue weighted by Crippen LogP contribution is 2.46.